The third-order valence-corrected chi connectivity index (χ3v) is 4.55. The third kappa shape index (κ3) is 3.52. The topological polar surface area (TPSA) is 90.9 Å². The van der Waals surface area contributed by atoms with Crippen LogP contribution in [0.4, 0.5) is 0 Å². The van der Waals surface area contributed by atoms with Gasteiger partial charge < -0.3 is 14.2 Å². The molecule has 1 N–H and O–H groups in total. The largest absolute Gasteiger partial charge is 0.496 e. The monoisotopic (exact) mass is 318 g/mol. The maximum absolute atomic E-state index is 12.4. The van der Waals surface area contributed by atoms with E-state index in [1.807, 2.05) is 0 Å². The average Bonchev–Trinajstić information content (AvgIpc) is 2.97. The Morgan fingerprint density at radius 1 is 1.52 bits per heavy atom. The Balaban J connectivity index is 2.36. The Bertz CT molecular complexity index is 713. The molecule has 0 saturated carbocycles. The van der Waals surface area contributed by atoms with E-state index in [-0.39, 0.29) is 28.9 Å². The van der Waals surface area contributed by atoms with Crippen molar-refractivity contribution in [2.75, 3.05) is 27.4 Å². The van der Waals surface area contributed by atoms with Gasteiger partial charge in [-0.3, -0.25) is 0 Å². The number of carbonyl (C=O) groups is 1. The number of hydrogen-bond acceptors (Lipinski definition) is 6. The molecule has 0 aromatic heterocycles. The quantitative estimate of drug-likeness (QED) is 0.797. The molecule has 21 heavy (non-hydrogen) atoms. The first-order valence-electron chi connectivity index (χ1n) is 7.64. The molecule has 7 nitrogen and oxygen atoms in total. The van der Waals surface area contributed by atoms with E-state index in [9.17, 15) is 13.2 Å². The number of nitrogens with one attached hydrogen (secondary N) is 1. The summed E-state index contributed by atoms with van der Waals surface area (Å²) >= 11 is 0. The van der Waals surface area contributed by atoms with Crippen LogP contribution in [0.2, 0.25) is 0 Å². The highest BCUT2D eigenvalue weighted by molar-refractivity contribution is 7.89. The van der Waals surface area contributed by atoms with Crippen LogP contribution in [0, 0.1) is 0 Å². The number of hydrogen-bond donors (Lipinski definition) is 1. The second-order valence-electron chi connectivity index (χ2n) is 4.43. The van der Waals surface area contributed by atoms with Crippen LogP contribution in [0.15, 0.2) is 23.1 Å². The zero-order valence-corrected chi connectivity index (χ0v) is 12.1. The van der Waals surface area contributed by atoms with Gasteiger partial charge in [-0.05, 0) is 24.6 Å². The van der Waals surface area contributed by atoms with Gasteiger partial charge in [0.1, 0.15) is 11.3 Å². The van der Waals surface area contributed by atoms with E-state index in [1.165, 1.54) is 0 Å². The second-order valence-corrected chi connectivity index (χ2v) is 6.15. The minimum Gasteiger partial charge on any atom is -0.496 e. The van der Waals surface area contributed by atoms with E-state index < -0.39 is 23.0 Å². The van der Waals surface area contributed by atoms with E-state index in [0.29, 0.717) is 13.0 Å². The first kappa shape index (κ1) is 12.0. The molecule has 1 fully saturated rings. The van der Waals surface area contributed by atoms with Crippen LogP contribution in [0.5, 0.6) is 5.75 Å². The Kier molecular flexibility index (Phi) is 3.66. The summed E-state index contributed by atoms with van der Waals surface area (Å²) in [5, 5.41) is 0. The lowest BCUT2D eigenvalue weighted by Gasteiger charge is -2.13. The van der Waals surface area contributed by atoms with E-state index in [2.05, 4.69) is 9.46 Å². The predicted octanol–water partition coefficient (Wildman–Crippen LogP) is 0.549. The van der Waals surface area contributed by atoms with Crippen molar-refractivity contribution in [1.29, 1.82) is 0 Å². The van der Waals surface area contributed by atoms with Crippen molar-refractivity contribution in [2.45, 2.75) is 17.4 Å². The van der Waals surface area contributed by atoms with Crippen molar-refractivity contribution in [3.05, 3.63) is 23.8 Å². The molecule has 1 atom stereocenters. The summed E-state index contributed by atoms with van der Waals surface area (Å²) < 4.78 is 62.9. The molecule has 0 unspecified atom stereocenters. The molecular formula is C13H17NO6S. The maximum Gasteiger partial charge on any atom is 0.341 e. The van der Waals surface area contributed by atoms with Crippen molar-refractivity contribution < 1.29 is 31.5 Å². The highest BCUT2D eigenvalue weighted by Crippen LogP contribution is 2.23. The molecule has 8 heteroatoms. The van der Waals surface area contributed by atoms with Crippen LogP contribution in [0.3, 0.4) is 0 Å². The Morgan fingerprint density at radius 3 is 2.95 bits per heavy atom. The smallest absolute Gasteiger partial charge is 0.341 e. The van der Waals surface area contributed by atoms with E-state index in [0.717, 1.165) is 25.3 Å². The van der Waals surface area contributed by atoms with Crippen LogP contribution in [-0.4, -0.2) is 47.8 Å². The zero-order chi connectivity index (χ0) is 18.0. The Labute approximate surface area is 127 Å². The minimum atomic E-state index is -3.90. The molecule has 1 aliphatic rings. The molecule has 0 radical (unpaired) electrons. The van der Waals surface area contributed by atoms with Crippen LogP contribution < -0.4 is 9.46 Å². The molecule has 116 valence electrons. The number of carbonyl (C=O) groups excluding carboxylic acids is 1. The molecule has 1 heterocycles. The van der Waals surface area contributed by atoms with Crippen LogP contribution >= 0.6 is 0 Å². The lowest BCUT2D eigenvalue weighted by molar-refractivity contribution is 0.0597. The number of esters is 1. The van der Waals surface area contributed by atoms with Gasteiger partial charge in [-0.2, -0.15) is 0 Å². The van der Waals surface area contributed by atoms with Crippen molar-refractivity contribution in [2.24, 2.45) is 0 Å². The molecule has 0 amide bonds. The molecule has 1 saturated heterocycles. The summed E-state index contributed by atoms with van der Waals surface area (Å²) in [5.74, 6) is -1.19. The van der Waals surface area contributed by atoms with Gasteiger partial charge in [-0.25, -0.2) is 17.9 Å². The maximum atomic E-state index is 12.4. The third-order valence-electron chi connectivity index (χ3n) is 3.03. The molecule has 0 bridgehead atoms. The molecule has 1 aliphatic heterocycles. The normalized spacial score (nSPS) is 21.2. The highest BCUT2D eigenvalue weighted by Gasteiger charge is 2.25. The van der Waals surface area contributed by atoms with E-state index >= 15 is 0 Å². The lowest BCUT2D eigenvalue weighted by Crippen LogP contribution is -2.35. The number of ether oxygens (including phenoxy) is 3. The van der Waals surface area contributed by atoms with Gasteiger partial charge >= 0.3 is 5.97 Å². The summed E-state index contributed by atoms with van der Waals surface area (Å²) in [6.45, 7) is 0.731. The Morgan fingerprint density at radius 2 is 2.33 bits per heavy atom. The number of benzene rings is 1. The first-order valence-corrected chi connectivity index (χ1v) is 7.62. The zero-order valence-electron chi connectivity index (χ0n) is 14.3. The van der Waals surface area contributed by atoms with Crippen molar-refractivity contribution in [3.8, 4) is 5.75 Å². The summed E-state index contributed by atoms with van der Waals surface area (Å²) in [5.41, 5.74) is -0.292. The van der Waals surface area contributed by atoms with Crippen molar-refractivity contribution in [3.63, 3.8) is 0 Å². The molecule has 0 spiro atoms. The van der Waals surface area contributed by atoms with Crippen LogP contribution in [-0.2, 0) is 19.5 Å². The average molecular weight is 318 g/mol. The molecule has 1 aromatic carbocycles. The number of methoxy groups -OCH3 is 2. The van der Waals surface area contributed by atoms with Gasteiger partial charge in [-0.15, -0.1) is 0 Å². The van der Waals surface area contributed by atoms with Gasteiger partial charge in [0.25, 0.3) is 0 Å². The lowest BCUT2D eigenvalue weighted by atomic mass is 10.2. The number of sulfonamides is 1. The van der Waals surface area contributed by atoms with Crippen LogP contribution in [0.1, 0.15) is 20.9 Å². The fourth-order valence-corrected chi connectivity index (χ4v) is 3.23. The van der Waals surface area contributed by atoms with Crippen LogP contribution in [0.25, 0.3) is 0 Å². The molecule has 1 aromatic rings. The van der Waals surface area contributed by atoms with Gasteiger partial charge in [0.2, 0.25) is 10.0 Å². The summed E-state index contributed by atoms with van der Waals surface area (Å²) in [7, 11) is -5.60. The van der Waals surface area contributed by atoms with E-state index in [4.69, 9.17) is 13.6 Å². The Hall–Kier alpha value is -1.64. The summed E-state index contributed by atoms with van der Waals surface area (Å²) in [6.07, 6.45) is 0.545. The molecular weight excluding hydrogens is 298 g/mol. The summed E-state index contributed by atoms with van der Waals surface area (Å²) in [4.78, 5) is 11.6. The SMILES string of the molecule is [2H]C([2H])([2H])Oc1ccc(S(=O)(=O)N[C@H]2CCOC2)cc1C(=O)OC. The standard InChI is InChI=1S/C13H17NO6S/c1-18-12-4-3-10(7-11(12)13(15)19-2)21(16,17)14-9-5-6-20-8-9/h3-4,7,9,14H,5-6,8H2,1-2H3/t9-/m0/s1/i1D3. The van der Waals surface area contributed by atoms with Gasteiger partial charge in [0.05, 0.1) is 29.8 Å². The van der Waals surface area contributed by atoms with Gasteiger partial charge in [0.15, 0.2) is 0 Å². The fourth-order valence-electron chi connectivity index (χ4n) is 1.95. The predicted molar refractivity (Wildman–Crippen MR) is 73.9 cm³/mol. The van der Waals surface area contributed by atoms with E-state index in [1.54, 1.807) is 0 Å². The van der Waals surface area contributed by atoms with Crippen molar-refractivity contribution in [1.82, 2.24) is 4.72 Å². The number of rotatable bonds is 5. The molecule has 0 aliphatic carbocycles. The van der Waals surface area contributed by atoms with Crippen molar-refractivity contribution >= 4 is 16.0 Å². The second kappa shape index (κ2) is 6.42. The summed E-state index contributed by atoms with van der Waals surface area (Å²) in [6, 6.07) is 2.93. The highest BCUT2D eigenvalue weighted by atomic mass is 32.2. The minimum absolute atomic E-state index is 0.201. The fraction of sp³-hybridized carbons (Fsp3) is 0.462. The van der Waals surface area contributed by atoms with Gasteiger partial charge in [-0.1, -0.05) is 0 Å². The first-order chi connectivity index (χ1) is 11.1. The molecule has 2 rings (SSSR count). The van der Waals surface area contributed by atoms with Gasteiger partial charge in [0, 0.05) is 12.6 Å².